The molecule has 0 aliphatic rings. The molecule has 0 radical (unpaired) electrons. The summed E-state index contributed by atoms with van der Waals surface area (Å²) < 4.78 is 7.00. The molecule has 146 valence electrons. The largest absolute Gasteiger partial charge is 0.497 e. The summed E-state index contributed by atoms with van der Waals surface area (Å²) in [7, 11) is 1.59. The normalized spacial score (nSPS) is 10.3. The van der Waals surface area contributed by atoms with Gasteiger partial charge >= 0.3 is 0 Å². The highest BCUT2D eigenvalue weighted by Gasteiger charge is 2.19. The molecule has 1 amide bonds. The highest BCUT2D eigenvalue weighted by atomic mass is 16.5. The van der Waals surface area contributed by atoms with E-state index in [9.17, 15) is 4.79 Å². The van der Waals surface area contributed by atoms with Crippen LogP contribution in [0, 0.1) is 11.3 Å². The Morgan fingerprint density at radius 1 is 1.03 bits per heavy atom. The maximum absolute atomic E-state index is 13.1. The fraction of sp³-hybridized carbons (Fsp3) is 0.0417. The van der Waals surface area contributed by atoms with E-state index in [0.717, 1.165) is 11.3 Å². The SMILES string of the molecule is COc1cccc(-c2nn(-c3ccccc3)cc2C(=O)Nc2cccc(C#N)c2)c1. The van der Waals surface area contributed by atoms with Crippen LogP contribution in [0.4, 0.5) is 5.69 Å². The van der Waals surface area contributed by atoms with Gasteiger partial charge in [0.25, 0.3) is 5.91 Å². The predicted octanol–water partition coefficient (Wildman–Crippen LogP) is 4.67. The highest BCUT2D eigenvalue weighted by Crippen LogP contribution is 2.27. The monoisotopic (exact) mass is 394 g/mol. The molecular weight excluding hydrogens is 376 g/mol. The van der Waals surface area contributed by atoms with Crippen LogP contribution in [0.1, 0.15) is 15.9 Å². The summed E-state index contributed by atoms with van der Waals surface area (Å²) in [5.74, 6) is 0.361. The number of aromatic nitrogens is 2. The van der Waals surface area contributed by atoms with Crippen molar-refractivity contribution in [3.63, 3.8) is 0 Å². The minimum absolute atomic E-state index is 0.315. The van der Waals surface area contributed by atoms with E-state index in [-0.39, 0.29) is 5.91 Å². The lowest BCUT2D eigenvalue weighted by Crippen LogP contribution is -2.12. The molecule has 0 bridgehead atoms. The summed E-state index contributed by atoms with van der Waals surface area (Å²) in [6, 6.07) is 25.9. The summed E-state index contributed by atoms with van der Waals surface area (Å²) in [6.07, 6.45) is 1.70. The number of carbonyl (C=O) groups is 1. The van der Waals surface area contributed by atoms with E-state index < -0.39 is 0 Å². The maximum Gasteiger partial charge on any atom is 0.259 e. The lowest BCUT2D eigenvalue weighted by molar-refractivity contribution is 0.102. The molecule has 1 aromatic heterocycles. The molecular formula is C24H18N4O2. The first-order chi connectivity index (χ1) is 14.7. The van der Waals surface area contributed by atoms with Gasteiger partial charge in [0, 0.05) is 17.4 Å². The summed E-state index contributed by atoms with van der Waals surface area (Å²) in [6.45, 7) is 0. The number of rotatable bonds is 5. The first-order valence-corrected chi connectivity index (χ1v) is 9.29. The molecule has 1 N–H and O–H groups in total. The van der Waals surface area contributed by atoms with Crippen LogP contribution in [-0.2, 0) is 0 Å². The Morgan fingerprint density at radius 2 is 1.83 bits per heavy atom. The van der Waals surface area contributed by atoms with Gasteiger partial charge in [0.05, 0.1) is 30.0 Å². The van der Waals surface area contributed by atoms with Crippen molar-refractivity contribution in [2.75, 3.05) is 12.4 Å². The number of benzene rings is 3. The predicted molar refractivity (Wildman–Crippen MR) is 115 cm³/mol. The highest BCUT2D eigenvalue weighted by molar-refractivity contribution is 6.08. The number of ether oxygens (including phenoxy) is 1. The van der Waals surface area contributed by atoms with Crippen LogP contribution < -0.4 is 10.1 Å². The number of methoxy groups -OCH3 is 1. The van der Waals surface area contributed by atoms with Crippen LogP contribution in [0.2, 0.25) is 0 Å². The van der Waals surface area contributed by atoms with Crippen LogP contribution in [0.15, 0.2) is 85.1 Å². The lowest BCUT2D eigenvalue weighted by atomic mass is 10.1. The van der Waals surface area contributed by atoms with Gasteiger partial charge in [-0.25, -0.2) is 4.68 Å². The molecule has 0 fully saturated rings. The molecule has 1 heterocycles. The Hall–Kier alpha value is -4.37. The van der Waals surface area contributed by atoms with Gasteiger partial charge in [0.15, 0.2) is 0 Å². The number of carbonyl (C=O) groups excluding carboxylic acids is 1. The second-order valence-electron chi connectivity index (χ2n) is 6.55. The van der Waals surface area contributed by atoms with Crippen molar-refractivity contribution < 1.29 is 9.53 Å². The van der Waals surface area contributed by atoms with E-state index in [2.05, 4.69) is 16.5 Å². The Labute approximate surface area is 174 Å². The van der Waals surface area contributed by atoms with Gasteiger partial charge in [-0.3, -0.25) is 4.79 Å². The molecule has 0 atom stereocenters. The zero-order chi connectivity index (χ0) is 20.9. The minimum Gasteiger partial charge on any atom is -0.497 e. The third kappa shape index (κ3) is 3.91. The zero-order valence-electron chi connectivity index (χ0n) is 16.2. The van der Waals surface area contributed by atoms with Crippen molar-refractivity contribution in [3.8, 4) is 28.8 Å². The van der Waals surface area contributed by atoms with Crippen molar-refractivity contribution >= 4 is 11.6 Å². The number of para-hydroxylation sites is 1. The van der Waals surface area contributed by atoms with Crippen molar-refractivity contribution in [1.29, 1.82) is 5.26 Å². The number of anilines is 1. The van der Waals surface area contributed by atoms with Crippen LogP contribution >= 0.6 is 0 Å². The van der Waals surface area contributed by atoms with Gasteiger partial charge in [-0.05, 0) is 42.5 Å². The van der Waals surface area contributed by atoms with E-state index in [1.807, 2.05) is 54.6 Å². The number of hydrogen-bond acceptors (Lipinski definition) is 4. The van der Waals surface area contributed by atoms with Gasteiger partial charge in [0.1, 0.15) is 11.4 Å². The smallest absolute Gasteiger partial charge is 0.259 e. The summed E-state index contributed by atoms with van der Waals surface area (Å²) in [5.41, 5.74) is 3.57. The van der Waals surface area contributed by atoms with Gasteiger partial charge in [-0.2, -0.15) is 10.4 Å². The van der Waals surface area contributed by atoms with Crippen molar-refractivity contribution in [3.05, 3.63) is 96.2 Å². The summed E-state index contributed by atoms with van der Waals surface area (Å²) >= 11 is 0. The molecule has 4 rings (SSSR count). The Balaban J connectivity index is 1.77. The molecule has 0 spiro atoms. The molecule has 0 saturated carbocycles. The van der Waals surface area contributed by atoms with Crippen LogP contribution in [-0.4, -0.2) is 22.8 Å². The first-order valence-electron chi connectivity index (χ1n) is 9.29. The van der Waals surface area contributed by atoms with Gasteiger partial charge in [-0.15, -0.1) is 0 Å². The van der Waals surface area contributed by atoms with E-state index >= 15 is 0 Å². The number of nitrogens with zero attached hydrogens (tertiary/aromatic N) is 3. The van der Waals surface area contributed by atoms with Crippen molar-refractivity contribution in [2.45, 2.75) is 0 Å². The average Bonchev–Trinajstić information content (AvgIpc) is 3.26. The number of amides is 1. The topological polar surface area (TPSA) is 79.9 Å². The molecule has 30 heavy (non-hydrogen) atoms. The van der Waals surface area contributed by atoms with E-state index in [1.54, 1.807) is 42.3 Å². The molecule has 3 aromatic carbocycles. The lowest BCUT2D eigenvalue weighted by Gasteiger charge is -2.07. The Morgan fingerprint density at radius 3 is 2.60 bits per heavy atom. The molecule has 6 heteroatoms. The maximum atomic E-state index is 13.1. The molecule has 0 aliphatic heterocycles. The zero-order valence-corrected chi connectivity index (χ0v) is 16.2. The average molecular weight is 394 g/mol. The van der Waals surface area contributed by atoms with Crippen molar-refractivity contribution in [1.82, 2.24) is 9.78 Å². The standard InChI is InChI=1S/C24H18N4O2/c1-30-21-12-6-8-18(14-21)23-22(16-28(27-23)20-10-3-2-4-11-20)24(29)26-19-9-5-7-17(13-19)15-25/h2-14,16H,1H3,(H,26,29). The fourth-order valence-corrected chi connectivity index (χ4v) is 3.10. The minimum atomic E-state index is -0.315. The molecule has 0 unspecified atom stereocenters. The van der Waals surface area contributed by atoms with E-state index in [1.165, 1.54) is 0 Å². The fourth-order valence-electron chi connectivity index (χ4n) is 3.10. The number of nitriles is 1. The van der Waals surface area contributed by atoms with E-state index in [4.69, 9.17) is 10.00 Å². The van der Waals surface area contributed by atoms with Crippen LogP contribution in [0.5, 0.6) is 5.75 Å². The quantitative estimate of drug-likeness (QED) is 0.533. The second kappa shape index (κ2) is 8.33. The number of nitrogens with one attached hydrogen (secondary N) is 1. The number of hydrogen-bond donors (Lipinski definition) is 1. The molecule has 6 nitrogen and oxygen atoms in total. The van der Waals surface area contributed by atoms with Crippen LogP contribution in [0.25, 0.3) is 16.9 Å². The summed E-state index contributed by atoms with van der Waals surface area (Å²) in [5, 5.41) is 16.6. The van der Waals surface area contributed by atoms with Gasteiger partial charge in [-0.1, -0.05) is 36.4 Å². The van der Waals surface area contributed by atoms with E-state index in [0.29, 0.717) is 28.3 Å². The molecule has 0 aliphatic carbocycles. The van der Waals surface area contributed by atoms with Gasteiger partial charge in [0.2, 0.25) is 0 Å². The van der Waals surface area contributed by atoms with Gasteiger partial charge < -0.3 is 10.1 Å². The summed E-state index contributed by atoms with van der Waals surface area (Å²) in [4.78, 5) is 13.1. The molecule has 4 aromatic rings. The Kier molecular flexibility index (Phi) is 5.27. The third-order valence-corrected chi connectivity index (χ3v) is 4.57. The molecule has 0 saturated heterocycles. The second-order valence-corrected chi connectivity index (χ2v) is 6.55. The Bertz CT molecular complexity index is 1240. The van der Waals surface area contributed by atoms with Crippen molar-refractivity contribution in [2.24, 2.45) is 0 Å². The third-order valence-electron chi connectivity index (χ3n) is 4.57. The van der Waals surface area contributed by atoms with Crippen LogP contribution in [0.3, 0.4) is 0 Å². The first kappa shape index (κ1) is 19.0.